The molecule has 0 bridgehead atoms. The summed E-state index contributed by atoms with van der Waals surface area (Å²) in [6, 6.07) is 19.7. The molecule has 0 atom stereocenters. The van der Waals surface area contributed by atoms with Gasteiger partial charge < -0.3 is 5.32 Å². The SMILES string of the molecule is Cc1ccc(NC(=O)c2ccccc2F)c(C(=O)c2ccccc2)c1. The van der Waals surface area contributed by atoms with Crippen molar-refractivity contribution < 1.29 is 14.0 Å². The summed E-state index contributed by atoms with van der Waals surface area (Å²) in [6.07, 6.45) is 0. The molecular formula is C21H16FNO2. The third-order valence-corrected chi connectivity index (χ3v) is 3.82. The molecule has 0 saturated heterocycles. The van der Waals surface area contributed by atoms with Gasteiger partial charge in [-0.15, -0.1) is 0 Å². The predicted molar refractivity (Wildman–Crippen MR) is 95.4 cm³/mol. The Hall–Kier alpha value is -3.27. The second-order valence-electron chi connectivity index (χ2n) is 5.68. The number of benzene rings is 3. The van der Waals surface area contributed by atoms with Crippen LogP contribution in [-0.4, -0.2) is 11.7 Å². The molecule has 4 heteroatoms. The van der Waals surface area contributed by atoms with Gasteiger partial charge in [-0.25, -0.2) is 4.39 Å². The van der Waals surface area contributed by atoms with Crippen LogP contribution in [0.3, 0.4) is 0 Å². The lowest BCUT2D eigenvalue weighted by molar-refractivity contribution is 0.102. The van der Waals surface area contributed by atoms with E-state index < -0.39 is 11.7 Å². The topological polar surface area (TPSA) is 46.2 Å². The number of amides is 1. The summed E-state index contributed by atoms with van der Waals surface area (Å²) < 4.78 is 13.8. The number of halogens is 1. The van der Waals surface area contributed by atoms with Gasteiger partial charge in [-0.2, -0.15) is 0 Å². The molecule has 0 unspecified atom stereocenters. The van der Waals surface area contributed by atoms with Gasteiger partial charge in [0.1, 0.15) is 5.82 Å². The predicted octanol–water partition coefficient (Wildman–Crippen LogP) is 4.62. The van der Waals surface area contributed by atoms with Gasteiger partial charge in [-0.1, -0.05) is 54.1 Å². The third kappa shape index (κ3) is 3.63. The van der Waals surface area contributed by atoms with Crippen LogP contribution in [-0.2, 0) is 0 Å². The fourth-order valence-corrected chi connectivity index (χ4v) is 2.53. The summed E-state index contributed by atoms with van der Waals surface area (Å²) in [5, 5.41) is 2.65. The number of aryl methyl sites for hydroxylation is 1. The number of hydrogen-bond acceptors (Lipinski definition) is 2. The largest absolute Gasteiger partial charge is 0.321 e. The Morgan fingerprint density at radius 1 is 0.840 bits per heavy atom. The van der Waals surface area contributed by atoms with Crippen molar-refractivity contribution in [2.45, 2.75) is 6.92 Å². The van der Waals surface area contributed by atoms with Crippen LogP contribution in [0.25, 0.3) is 0 Å². The van der Waals surface area contributed by atoms with E-state index in [9.17, 15) is 14.0 Å². The van der Waals surface area contributed by atoms with Crippen LogP contribution in [0.2, 0.25) is 0 Å². The highest BCUT2D eigenvalue weighted by atomic mass is 19.1. The maximum absolute atomic E-state index is 13.8. The molecule has 0 saturated carbocycles. The first-order chi connectivity index (χ1) is 12.1. The van der Waals surface area contributed by atoms with E-state index in [1.165, 1.54) is 18.2 Å². The minimum absolute atomic E-state index is 0.0683. The van der Waals surface area contributed by atoms with Crippen molar-refractivity contribution in [2.75, 3.05) is 5.32 Å². The van der Waals surface area contributed by atoms with Crippen LogP contribution in [0.4, 0.5) is 10.1 Å². The van der Waals surface area contributed by atoms with E-state index in [0.717, 1.165) is 5.56 Å². The van der Waals surface area contributed by atoms with Crippen molar-refractivity contribution in [3.8, 4) is 0 Å². The first-order valence-corrected chi connectivity index (χ1v) is 7.82. The Bertz CT molecular complexity index is 936. The van der Waals surface area contributed by atoms with Crippen molar-refractivity contribution in [2.24, 2.45) is 0 Å². The first-order valence-electron chi connectivity index (χ1n) is 7.82. The zero-order valence-corrected chi connectivity index (χ0v) is 13.6. The Kier molecular flexibility index (Phi) is 4.70. The van der Waals surface area contributed by atoms with Crippen LogP contribution in [0.1, 0.15) is 31.8 Å². The summed E-state index contributed by atoms with van der Waals surface area (Å²) in [7, 11) is 0. The number of ketones is 1. The second-order valence-corrected chi connectivity index (χ2v) is 5.68. The zero-order chi connectivity index (χ0) is 17.8. The Labute approximate surface area is 145 Å². The van der Waals surface area contributed by atoms with E-state index in [2.05, 4.69) is 5.32 Å². The molecule has 1 N–H and O–H groups in total. The van der Waals surface area contributed by atoms with Crippen LogP contribution < -0.4 is 5.32 Å². The molecule has 0 aliphatic heterocycles. The third-order valence-electron chi connectivity index (χ3n) is 3.82. The Morgan fingerprint density at radius 2 is 1.52 bits per heavy atom. The minimum atomic E-state index is -0.608. The standard InChI is InChI=1S/C21H16FNO2/c1-14-11-12-19(23-21(25)16-9-5-6-10-18(16)22)17(13-14)20(24)15-7-3-2-4-8-15/h2-13H,1H3,(H,23,25). The number of hydrogen-bond donors (Lipinski definition) is 1. The molecule has 25 heavy (non-hydrogen) atoms. The summed E-state index contributed by atoms with van der Waals surface area (Å²) >= 11 is 0. The van der Waals surface area contributed by atoms with Crippen LogP contribution in [0.5, 0.6) is 0 Å². The molecule has 1 amide bonds. The lowest BCUT2D eigenvalue weighted by Crippen LogP contribution is -2.16. The van der Waals surface area contributed by atoms with E-state index in [0.29, 0.717) is 16.8 Å². The van der Waals surface area contributed by atoms with Crippen LogP contribution in [0.15, 0.2) is 72.8 Å². The smallest absolute Gasteiger partial charge is 0.258 e. The number of rotatable bonds is 4. The van der Waals surface area contributed by atoms with E-state index in [4.69, 9.17) is 0 Å². The monoisotopic (exact) mass is 333 g/mol. The lowest BCUT2D eigenvalue weighted by Gasteiger charge is -2.12. The molecule has 3 nitrogen and oxygen atoms in total. The fourth-order valence-electron chi connectivity index (χ4n) is 2.53. The lowest BCUT2D eigenvalue weighted by atomic mass is 9.99. The number of carbonyl (C=O) groups is 2. The van der Waals surface area contributed by atoms with E-state index in [1.54, 1.807) is 48.5 Å². The number of carbonyl (C=O) groups excluding carboxylic acids is 2. The van der Waals surface area contributed by atoms with Gasteiger partial charge in [0, 0.05) is 11.1 Å². The average molecular weight is 333 g/mol. The van der Waals surface area contributed by atoms with Crippen molar-refractivity contribution in [1.82, 2.24) is 0 Å². The molecule has 0 spiro atoms. The molecule has 124 valence electrons. The maximum Gasteiger partial charge on any atom is 0.258 e. The van der Waals surface area contributed by atoms with Gasteiger partial charge in [-0.05, 0) is 31.2 Å². The van der Waals surface area contributed by atoms with Gasteiger partial charge in [-0.3, -0.25) is 9.59 Å². The first kappa shape index (κ1) is 16.6. The van der Waals surface area contributed by atoms with Crippen LogP contribution >= 0.6 is 0 Å². The number of nitrogens with one attached hydrogen (secondary N) is 1. The van der Waals surface area contributed by atoms with E-state index >= 15 is 0 Å². The molecule has 3 aromatic rings. The van der Waals surface area contributed by atoms with Crippen molar-refractivity contribution >= 4 is 17.4 Å². The van der Waals surface area contributed by atoms with Gasteiger partial charge >= 0.3 is 0 Å². The fraction of sp³-hybridized carbons (Fsp3) is 0.0476. The van der Waals surface area contributed by atoms with E-state index in [-0.39, 0.29) is 11.3 Å². The van der Waals surface area contributed by atoms with Gasteiger partial charge in [0.2, 0.25) is 0 Å². The van der Waals surface area contributed by atoms with Gasteiger partial charge in [0.25, 0.3) is 5.91 Å². The quantitative estimate of drug-likeness (QED) is 0.708. The summed E-state index contributed by atoms with van der Waals surface area (Å²) in [4.78, 5) is 25.1. The molecule has 0 aliphatic rings. The highest BCUT2D eigenvalue weighted by Crippen LogP contribution is 2.22. The van der Waals surface area contributed by atoms with Crippen LogP contribution in [0, 0.1) is 12.7 Å². The molecular weight excluding hydrogens is 317 g/mol. The second kappa shape index (κ2) is 7.09. The van der Waals surface area contributed by atoms with Crippen molar-refractivity contribution in [3.05, 3.63) is 101 Å². The van der Waals surface area contributed by atoms with Crippen molar-refractivity contribution in [3.63, 3.8) is 0 Å². The zero-order valence-electron chi connectivity index (χ0n) is 13.6. The van der Waals surface area contributed by atoms with Gasteiger partial charge in [0.05, 0.1) is 11.3 Å². The maximum atomic E-state index is 13.8. The highest BCUT2D eigenvalue weighted by molar-refractivity contribution is 6.15. The average Bonchev–Trinajstić information content (AvgIpc) is 2.63. The van der Waals surface area contributed by atoms with Gasteiger partial charge in [0.15, 0.2) is 5.78 Å². The molecule has 0 aromatic heterocycles. The molecule has 3 aromatic carbocycles. The summed E-state index contributed by atoms with van der Waals surface area (Å²) in [5.41, 5.74) is 2.07. The van der Waals surface area contributed by atoms with E-state index in [1.807, 2.05) is 13.0 Å². The Morgan fingerprint density at radius 3 is 2.24 bits per heavy atom. The molecule has 3 rings (SSSR count). The Balaban J connectivity index is 1.96. The van der Waals surface area contributed by atoms with Crippen molar-refractivity contribution in [1.29, 1.82) is 0 Å². The molecule has 0 aliphatic carbocycles. The summed E-state index contributed by atoms with van der Waals surface area (Å²) in [6.45, 7) is 1.87. The summed E-state index contributed by atoms with van der Waals surface area (Å²) in [5.74, 6) is -1.40. The number of anilines is 1. The molecule has 0 radical (unpaired) electrons. The molecule has 0 fully saturated rings. The highest BCUT2D eigenvalue weighted by Gasteiger charge is 2.17. The normalized spacial score (nSPS) is 10.3. The molecule has 0 heterocycles. The minimum Gasteiger partial charge on any atom is -0.321 e.